The van der Waals surface area contributed by atoms with Crippen molar-refractivity contribution >= 4 is 75.4 Å². The fraction of sp³-hybridized carbons (Fsp3) is 0.0667. The molecule has 1 aliphatic heterocycles. The van der Waals surface area contributed by atoms with Crippen LogP contribution < -0.4 is 16.0 Å². The summed E-state index contributed by atoms with van der Waals surface area (Å²) in [5, 5.41) is 18.7. The molecule has 1 aliphatic rings. The van der Waals surface area contributed by atoms with E-state index in [1.165, 1.54) is 36.9 Å². The molecular weight excluding hydrogens is 647 g/mol. The fourth-order valence-corrected chi connectivity index (χ4v) is 9.25. The first-order chi connectivity index (χ1) is 25.2. The number of thiophene rings is 1. The van der Waals surface area contributed by atoms with Crippen molar-refractivity contribution in [2.24, 2.45) is 0 Å². The van der Waals surface area contributed by atoms with Gasteiger partial charge in [0, 0.05) is 41.7 Å². The second-order valence-corrected chi connectivity index (χ2v) is 14.4. The second kappa shape index (κ2) is 11.4. The molecule has 0 saturated carbocycles. The van der Waals surface area contributed by atoms with E-state index in [-0.39, 0.29) is 18.5 Å². The quantitative estimate of drug-likeness (QED) is 0.173. The van der Waals surface area contributed by atoms with E-state index < -0.39 is 0 Å². The first kappa shape index (κ1) is 29.0. The van der Waals surface area contributed by atoms with Crippen molar-refractivity contribution in [3.8, 4) is 11.1 Å². The Morgan fingerprint density at radius 1 is 0.431 bits per heavy atom. The van der Waals surface area contributed by atoms with Crippen molar-refractivity contribution in [3.05, 3.63) is 168 Å². The maximum absolute atomic E-state index is 6.42. The molecule has 11 rings (SSSR count). The van der Waals surface area contributed by atoms with Gasteiger partial charge in [-0.15, -0.1) is 11.3 Å². The van der Waals surface area contributed by atoms with Crippen LogP contribution in [0.5, 0.6) is 0 Å². The van der Waals surface area contributed by atoms with Gasteiger partial charge in [0.15, 0.2) is 0 Å². The Morgan fingerprint density at radius 2 is 1.08 bits per heavy atom. The summed E-state index contributed by atoms with van der Waals surface area (Å²) < 4.78 is 15.3. The fourth-order valence-electron chi connectivity index (χ4n) is 8.01. The molecule has 10 aromatic rings. The van der Waals surface area contributed by atoms with E-state index in [9.17, 15) is 0 Å². The van der Waals surface area contributed by atoms with E-state index in [0.29, 0.717) is 0 Å². The average Bonchev–Trinajstić information content (AvgIpc) is 3.89. The predicted molar refractivity (Wildman–Crippen MR) is 210 cm³/mol. The highest BCUT2D eigenvalue weighted by Crippen LogP contribution is 2.42. The van der Waals surface area contributed by atoms with Crippen molar-refractivity contribution in [1.82, 2.24) is 16.0 Å². The van der Waals surface area contributed by atoms with Gasteiger partial charge in [0.05, 0.1) is 18.5 Å². The van der Waals surface area contributed by atoms with Gasteiger partial charge in [-0.25, -0.2) is 0 Å². The molecule has 3 atom stereocenters. The van der Waals surface area contributed by atoms with E-state index in [0.717, 1.165) is 55.0 Å². The molecule has 7 aromatic carbocycles. The van der Waals surface area contributed by atoms with Crippen molar-refractivity contribution in [1.29, 1.82) is 0 Å². The Balaban J connectivity index is 1.03. The zero-order valence-electron chi connectivity index (χ0n) is 27.4. The first-order valence-electron chi connectivity index (χ1n) is 17.4. The standard InChI is InChI=1S/C45H31N3O2S/c1-2-10-26(11-3-1)43-46-44(48-45(47-43)33-16-9-18-39-41(33)32-13-4-6-17-36(32)50-39)28-21-23-38-35(25-28)34-24-27(20-22-37(34)49-38)29-14-8-15-31-30-12-5-7-19-40(30)51-42(29)31/h1-25,43-48H. The molecule has 3 aromatic heterocycles. The van der Waals surface area contributed by atoms with Crippen LogP contribution in [0, 0.1) is 0 Å². The zero-order valence-corrected chi connectivity index (χ0v) is 28.2. The number of nitrogens with one attached hydrogen (secondary N) is 3. The molecule has 0 bridgehead atoms. The van der Waals surface area contributed by atoms with Crippen LogP contribution in [-0.4, -0.2) is 0 Å². The van der Waals surface area contributed by atoms with Gasteiger partial charge in [-0.1, -0.05) is 109 Å². The Hall–Kier alpha value is -5.76. The normalized spacial score (nSPS) is 18.2. The van der Waals surface area contributed by atoms with Gasteiger partial charge in [-0.3, -0.25) is 16.0 Å². The molecule has 1 fully saturated rings. The van der Waals surface area contributed by atoms with Crippen LogP contribution >= 0.6 is 11.3 Å². The maximum atomic E-state index is 6.42. The lowest BCUT2D eigenvalue weighted by Gasteiger charge is -2.39. The van der Waals surface area contributed by atoms with E-state index in [1.807, 2.05) is 23.5 Å². The summed E-state index contributed by atoms with van der Waals surface area (Å²) in [6.07, 6.45) is -0.405. The monoisotopic (exact) mass is 677 g/mol. The molecule has 0 amide bonds. The Morgan fingerprint density at radius 3 is 1.98 bits per heavy atom. The third-order valence-corrected chi connectivity index (χ3v) is 11.6. The van der Waals surface area contributed by atoms with Crippen molar-refractivity contribution in [3.63, 3.8) is 0 Å². The summed E-state index contributed by atoms with van der Waals surface area (Å²) >= 11 is 1.86. The molecule has 3 N–H and O–H groups in total. The Kier molecular flexibility index (Phi) is 6.48. The van der Waals surface area contributed by atoms with Crippen LogP contribution in [0.3, 0.4) is 0 Å². The van der Waals surface area contributed by atoms with E-state index in [4.69, 9.17) is 8.83 Å². The number of benzene rings is 7. The van der Waals surface area contributed by atoms with Crippen molar-refractivity contribution < 1.29 is 8.83 Å². The summed E-state index contributed by atoms with van der Waals surface area (Å²) in [6, 6.07) is 53.7. The molecular formula is C45H31N3O2S. The van der Waals surface area contributed by atoms with Crippen LogP contribution in [0.4, 0.5) is 0 Å². The number of rotatable bonds is 4. The van der Waals surface area contributed by atoms with Crippen LogP contribution in [0.1, 0.15) is 35.2 Å². The summed E-state index contributed by atoms with van der Waals surface area (Å²) in [6.45, 7) is 0. The van der Waals surface area contributed by atoms with E-state index in [2.05, 4.69) is 155 Å². The summed E-state index contributed by atoms with van der Waals surface area (Å²) in [4.78, 5) is 0. The van der Waals surface area contributed by atoms with Crippen LogP contribution in [-0.2, 0) is 0 Å². The Labute approximate surface area is 297 Å². The number of furan rings is 2. The molecule has 0 radical (unpaired) electrons. The van der Waals surface area contributed by atoms with Crippen LogP contribution in [0.15, 0.2) is 160 Å². The lowest BCUT2D eigenvalue weighted by molar-refractivity contribution is 0.204. The third-order valence-electron chi connectivity index (χ3n) is 10.4. The highest BCUT2D eigenvalue weighted by Gasteiger charge is 2.31. The lowest BCUT2D eigenvalue weighted by atomic mass is 9.99. The summed E-state index contributed by atoms with van der Waals surface area (Å²) in [5.41, 5.74) is 9.45. The summed E-state index contributed by atoms with van der Waals surface area (Å²) in [7, 11) is 0. The van der Waals surface area contributed by atoms with Crippen LogP contribution in [0.2, 0.25) is 0 Å². The minimum atomic E-state index is -0.156. The maximum Gasteiger partial charge on any atom is 0.135 e. The molecule has 1 saturated heterocycles. The molecule has 5 nitrogen and oxygen atoms in total. The van der Waals surface area contributed by atoms with Gasteiger partial charge in [-0.05, 0) is 70.3 Å². The van der Waals surface area contributed by atoms with E-state index in [1.54, 1.807) is 0 Å². The SMILES string of the molecule is c1ccc(C2NC(c3ccc4oc5ccc(-c6cccc7c6sc6ccccc67)cc5c4c3)NC(c3cccc4oc5ccccc5c34)N2)cc1. The van der Waals surface area contributed by atoms with Crippen molar-refractivity contribution in [2.75, 3.05) is 0 Å². The topological polar surface area (TPSA) is 62.4 Å². The minimum Gasteiger partial charge on any atom is -0.456 e. The predicted octanol–water partition coefficient (Wildman–Crippen LogP) is 11.7. The minimum absolute atomic E-state index is 0.0962. The molecule has 6 heteroatoms. The highest BCUT2D eigenvalue weighted by molar-refractivity contribution is 7.26. The first-order valence-corrected chi connectivity index (χ1v) is 18.2. The average molecular weight is 678 g/mol. The molecule has 0 spiro atoms. The van der Waals surface area contributed by atoms with Gasteiger partial charge >= 0.3 is 0 Å². The number of para-hydroxylation sites is 1. The van der Waals surface area contributed by atoms with Gasteiger partial charge in [0.2, 0.25) is 0 Å². The van der Waals surface area contributed by atoms with Gasteiger partial charge in [-0.2, -0.15) is 0 Å². The lowest BCUT2D eigenvalue weighted by Crippen LogP contribution is -2.54. The number of hydrogen-bond acceptors (Lipinski definition) is 6. The number of fused-ring (bicyclic) bond motifs is 9. The molecule has 51 heavy (non-hydrogen) atoms. The molecule has 244 valence electrons. The molecule has 4 heterocycles. The van der Waals surface area contributed by atoms with E-state index >= 15 is 0 Å². The van der Waals surface area contributed by atoms with Gasteiger partial charge in [0.1, 0.15) is 22.3 Å². The highest BCUT2D eigenvalue weighted by atomic mass is 32.1. The van der Waals surface area contributed by atoms with Crippen molar-refractivity contribution in [2.45, 2.75) is 18.5 Å². The van der Waals surface area contributed by atoms with Crippen LogP contribution in [0.25, 0.3) is 75.2 Å². The largest absolute Gasteiger partial charge is 0.456 e. The third kappa shape index (κ3) is 4.65. The molecule has 3 unspecified atom stereocenters. The second-order valence-electron chi connectivity index (χ2n) is 13.4. The van der Waals surface area contributed by atoms with Gasteiger partial charge < -0.3 is 8.83 Å². The van der Waals surface area contributed by atoms with Gasteiger partial charge in [0.25, 0.3) is 0 Å². The smallest absolute Gasteiger partial charge is 0.135 e. The molecule has 0 aliphatic carbocycles. The Bertz CT molecular complexity index is 2940. The zero-order chi connectivity index (χ0) is 33.5. The summed E-state index contributed by atoms with van der Waals surface area (Å²) in [5.74, 6) is 0. The number of hydrogen-bond donors (Lipinski definition) is 3.